The van der Waals surface area contributed by atoms with Crippen LogP contribution in [-0.4, -0.2) is 49.3 Å². The molecule has 0 amide bonds. The summed E-state index contributed by atoms with van der Waals surface area (Å²) in [5.74, 6) is -0.824. The number of nitrogens with two attached hydrogens (primary N) is 1. The van der Waals surface area contributed by atoms with Crippen molar-refractivity contribution in [3.8, 4) is 0 Å². The first-order valence-corrected chi connectivity index (χ1v) is 31.3. The number of allylic oxidation sites excluding steroid dienone is 10. The Morgan fingerprint density at radius 1 is 0.437 bits per heavy atom. The molecule has 0 aliphatic carbocycles. The number of carbonyl (C=O) groups is 2. The number of phosphoric ester groups is 1. The Kier molecular flexibility index (Phi) is 55.2. The number of esters is 2. The second-order valence-electron chi connectivity index (χ2n) is 19.8. The molecule has 0 saturated heterocycles. The van der Waals surface area contributed by atoms with E-state index in [2.05, 4.69) is 74.6 Å². The van der Waals surface area contributed by atoms with Crippen molar-refractivity contribution in [3.05, 3.63) is 60.8 Å². The van der Waals surface area contributed by atoms with Gasteiger partial charge in [0, 0.05) is 19.4 Å². The van der Waals surface area contributed by atoms with Crippen molar-refractivity contribution in [2.45, 2.75) is 290 Å². The standard InChI is InChI=1S/C61H112NO8P/c1-3-5-7-9-11-13-15-17-19-21-23-25-27-29-31-33-35-37-39-41-43-45-47-49-51-53-60(63)67-57-59(58-69-71(65,66)68-56-55-62)70-61(64)54-52-50-48-46-44-42-40-38-36-34-32-30-28-26-24-22-20-18-16-14-12-10-8-6-4-2/h6,8,12,14,18,20,24,26,30,32,59H,3-5,7,9-11,13,15-17,19,21-23,25,27-29,31,33-58,62H2,1-2H3,(H,65,66)/b8-6-,14-12-,20-18-,26-24-,32-30-. The minimum atomic E-state index is -4.39. The summed E-state index contributed by atoms with van der Waals surface area (Å²) in [6.07, 6.45) is 71.4. The van der Waals surface area contributed by atoms with Gasteiger partial charge in [0.2, 0.25) is 0 Å². The molecule has 0 aromatic rings. The van der Waals surface area contributed by atoms with E-state index in [0.29, 0.717) is 6.42 Å². The van der Waals surface area contributed by atoms with Gasteiger partial charge in [0.15, 0.2) is 6.10 Å². The van der Waals surface area contributed by atoms with Crippen molar-refractivity contribution in [1.82, 2.24) is 0 Å². The van der Waals surface area contributed by atoms with Crippen molar-refractivity contribution < 1.29 is 37.6 Å². The van der Waals surface area contributed by atoms with Gasteiger partial charge >= 0.3 is 19.8 Å². The number of hydrogen-bond donors (Lipinski definition) is 2. The number of hydrogen-bond acceptors (Lipinski definition) is 8. The summed E-state index contributed by atoms with van der Waals surface area (Å²) in [5.41, 5.74) is 5.38. The van der Waals surface area contributed by atoms with E-state index in [-0.39, 0.29) is 38.6 Å². The largest absolute Gasteiger partial charge is 0.472 e. The molecule has 9 nitrogen and oxygen atoms in total. The van der Waals surface area contributed by atoms with Gasteiger partial charge in [-0.2, -0.15) is 0 Å². The molecule has 3 N–H and O–H groups in total. The molecule has 2 atom stereocenters. The minimum absolute atomic E-state index is 0.0516. The average molecular weight is 1020 g/mol. The van der Waals surface area contributed by atoms with Crippen LogP contribution in [0.1, 0.15) is 284 Å². The van der Waals surface area contributed by atoms with E-state index >= 15 is 0 Å². The molecule has 0 heterocycles. The maximum absolute atomic E-state index is 12.7. The highest BCUT2D eigenvalue weighted by atomic mass is 31.2. The summed E-state index contributed by atoms with van der Waals surface area (Å²) in [6.45, 7) is 3.66. The second-order valence-corrected chi connectivity index (χ2v) is 21.3. The Labute approximate surface area is 438 Å². The van der Waals surface area contributed by atoms with Crippen LogP contribution in [0.5, 0.6) is 0 Å². The molecule has 0 saturated carbocycles. The topological polar surface area (TPSA) is 134 Å². The SMILES string of the molecule is CC/C=C\C/C=C\C/C=C\C/C=C\C/C=C\CCCCCCCCCCCC(=O)OC(COC(=O)CCCCCCCCCCCCCCCCCCCCCCCCCCC)COP(=O)(O)OCCN. The predicted octanol–water partition coefficient (Wildman–Crippen LogP) is 18.7. The molecule has 71 heavy (non-hydrogen) atoms. The van der Waals surface area contributed by atoms with Gasteiger partial charge in [0.1, 0.15) is 6.61 Å². The fourth-order valence-corrected chi connectivity index (χ4v) is 9.31. The zero-order valence-electron chi connectivity index (χ0n) is 46.2. The quantitative estimate of drug-likeness (QED) is 0.0264. The Morgan fingerprint density at radius 2 is 0.775 bits per heavy atom. The van der Waals surface area contributed by atoms with Gasteiger partial charge in [-0.25, -0.2) is 4.57 Å². The van der Waals surface area contributed by atoms with Crippen molar-refractivity contribution in [2.75, 3.05) is 26.4 Å². The van der Waals surface area contributed by atoms with E-state index in [9.17, 15) is 19.0 Å². The molecule has 0 aromatic carbocycles. The molecule has 0 aliphatic rings. The van der Waals surface area contributed by atoms with Crippen LogP contribution in [0.2, 0.25) is 0 Å². The summed E-state index contributed by atoms with van der Waals surface area (Å²) in [5, 5.41) is 0. The Balaban J connectivity index is 3.96. The number of rotatable bonds is 56. The van der Waals surface area contributed by atoms with Crippen molar-refractivity contribution >= 4 is 19.8 Å². The lowest BCUT2D eigenvalue weighted by molar-refractivity contribution is -0.161. The maximum atomic E-state index is 12.7. The summed E-state index contributed by atoms with van der Waals surface area (Å²) in [4.78, 5) is 35.2. The highest BCUT2D eigenvalue weighted by Crippen LogP contribution is 2.43. The van der Waals surface area contributed by atoms with E-state index in [4.69, 9.17) is 24.3 Å². The summed E-state index contributed by atoms with van der Waals surface area (Å²) in [6, 6.07) is 0. The summed E-state index contributed by atoms with van der Waals surface area (Å²) in [7, 11) is -4.39. The van der Waals surface area contributed by atoms with Crippen LogP contribution in [0.25, 0.3) is 0 Å². The molecule has 0 fully saturated rings. The Hall–Kier alpha value is -2.29. The Bertz CT molecular complexity index is 1350. The third-order valence-corrected chi connectivity index (χ3v) is 13.9. The molecule has 0 bridgehead atoms. The molecule has 2 unspecified atom stereocenters. The fraction of sp³-hybridized carbons (Fsp3) is 0.803. The highest BCUT2D eigenvalue weighted by Gasteiger charge is 2.26. The summed E-state index contributed by atoms with van der Waals surface area (Å²) < 4.78 is 33.1. The van der Waals surface area contributed by atoms with Gasteiger partial charge in [-0.15, -0.1) is 0 Å². The third kappa shape index (κ3) is 56.9. The first-order valence-electron chi connectivity index (χ1n) is 29.8. The molecule has 414 valence electrons. The lowest BCUT2D eigenvalue weighted by Crippen LogP contribution is -2.29. The smallest absolute Gasteiger partial charge is 0.462 e. The number of phosphoric acid groups is 1. The molecular weight excluding hydrogens is 906 g/mol. The maximum Gasteiger partial charge on any atom is 0.472 e. The van der Waals surface area contributed by atoms with Gasteiger partial charge in [0.05, 0.1) is 13.2 Å². The third-order valence-electron chi connectivity index (χ3n) is 12.9. The number of unbranched alkanes of at least 4 members (excludes halogenated alkanes) is 33. The van der Waals surface area contributed by atoms with Gasteiger partial charge in [-0.3, -0.25) is 18.6 Å². The van der Waals surface area contributed by atoms with Crippen LogP contribution in [0.3, 0.4) is 0 Å². The van der Waals surface area contributed by atoms with E-state index < -0.39 is 26.5 Å². The number of ether oxygens (including phenoxy) is 2. The lowest BCUT2D eigenvalue weighted by Gasteiger charge is -2.19. The van der Waals surface area contributed by atoms with Crippen LogP contribution in [0.15, 0.2) is 60.8 Å². The molecular formula is C61H112NO8P. The van der Waals surface area contributed by atoms with Crippen molar-refractivity contribution in [3.63, 3.8) is 0 Å². The van der Waals surface area contributed by atoms with Gasteiger partial charge in [0.25, 0.3) is 0 Å². The Morgan fingerprint density at radius 3 is 1.15 bits per heavy atom. The van der Waals surface area contributed by atoms with Gasteiger partial charge < -0.3 is 20.1 Å². The van der Waals surface area contributed by atoms with Crippen molar-refractivity contribution in [1.29, 1.82) is 0 Å². The van der Waals surface area contributed by atoms with Crippen LogP contribution in [0, 0.1) is 0 Å². The number of carbonyl (C=O) groups excluding carboxylic acids is 2. The molecule has 0 radical (unpaired) electrons. The molecule has 0 aliphatic heterocycles. The first-order chi connectivity index (χ1) is 34.8. The van der Waals surface area contributed by atoms with Crippen molar-refractivity contribution in [2.24, 2.45) is 5.73 Å². The molecule has 0 rings (SSSR count). The highest BCUT2D eigenvalue weighted by molar-refractivity contribution is 7.47. The van der Waals surface area contributed by atoms with Gasteiger partial charge in [-0.1, -0.05) is 274 Å². The van der Waals surface area contributed by atoms with E-state index in [0.717, 1.165) is 77.0 Å². The van der Waals surface area contributed by atoms with E-state index in [1.807, 2.05) is 0 Å². The zero-order chi connectivity index (χ0) is 51.7. The fourth-order valence-electron chi connectivity index (χ4n) is 8.55. The average Bonchev–Trinajstić information content (AvgIpc) is 3.36. The van der Waals surface area contributed by atoms with Crippen LogP contribution >= 0.6 is 7.82 Å². The lowest BCUT2D eigenvalue weighted by atomic mass is 10.0. The zero-order valence-corrected chi connectivity index (χ0v) is 47.1. The molecule has 0 aromatic heterocycles. The molecule has 10 heteroatoms. The van der Waals surface area contributed by atoms with Crippen LogP contribution in [-0.2, 0) is 32.7 Å². The van der Waals surface area contributed by atoms with E-state index in [1.165, 1.54) is 173 Å². The van der Waals surface area contributed by atoms with Crippen LogP contribution < -0.4 is 5.73 Å². The predicted molar refractivity (Wildman–Crippen MR) is 303 cm³/mol. The monoisotopic (exact) mass is 1020 g/mol. The normalized spacial score (nSPS) is 13.5. The molecule has 0 spiro atoms. The van der Waals surface area contributed by atoms with Crippen LogP contribution in [0.4, 0.5) is 0 Å². The van der Waals surface area contributed by atoms with E-state index in [1.54, 1.807) is 0 Å². The van der Waals surface area contributed by atoms with Gasteiger partial charge in [-0.05, 0) is 57.8 Å². The minimum Gasteiger partial charge on any atom is -0.462 e. The first kappa shape index (κ1) is 68.7. The second kappa shape index (κ2) is 57.0. The summed E-state index contributed by atoms with van der Waals surface area (Å²) >= 11 is 0.